The van der Waals surface area contributed by atoms with Crippen LogP contribution in [0.5, 0.6) is 0 Å². The molecule has 0 saturated heterocycles. The van der Waals surface area contributed by atoms with Gasteiger partial charge in [-0.05, 0) is 20.3 Å². The molecule has 0 bridgehead atoms. The van der Waals surface area contributed by atoms with E-state index in [9.17, 15) is 4.79 Å². The van der Waals surface area contributed by atoms with E-state index in [0.29, 0.717) is 19.0 Å². The van der Waals surface area contributed by atoms with Gasteiger partial charge in [0.05, 0.1) is 18.6 Å². The first-order valence-corrected chi connectivity index (χ1v) is 6.77. The first-order chi connectivity index (χ1) is 7.54. The molecule has 4 heteroatoms. The van der Waals surface area contributed by atoms with E-state index in [0.717, 1.165) is 19.4 Å². The van der Waals surface area contributed by atoms with Crippen LogP contribution in [0.15, 0.2) is 0 Å². The first kappa shape index (κ1) is 15.9. The van der Waals surface area contributed by atoms with E-state index in [2.05, 4.69) is 6.92 Å². The van der Waals surface area contributed by atoms with Gasteiger partial charge in [0.2, 0.25) is 0 Å². The Kier molecular flexibility index (Phi) is 8.99. The number of rotatable bonds is 9. The van der Waals surface area contributed by atoms with E-state index in [-0.39, 0.29) is 5.12 Å². The van der Waals surface area contributed by atoms with Gasteiger partial charge in [0.1, 0.15) is 0 Å². The third kappa shape index (κ3) is 7.25. The smallest absolute Gasteiger partial charge is 0.196 e. The average molecular weight is 248 g/mol. The van der Waals surface area contributed by atoms with E-state index >= 15 is 0 Å². The van der Waals surface area contributed by atoms with Crippen LogP contribution in [0.25, 0.3) is 0 Å². The van der Waals surface area contributed by atoms with Gasteiger partial charge in [-0.1, -0.05) is 25.1 Å². The molecule has 0 fully saturated rings. The van der Waals surface area contributed by atoms with Crippen molar-refractivity contribution < 1.29 is 14.3 Å². The molecule has 0 N–H and O–H groups in total. The molecule has 0 aliphatic heterocycles. The number of hydrogen-bond donors (Lipinski definition) is 0. The van der Waals surface area contributed by atoms with Gasteiger partial charge in [0.25, 0.3) is 0 Å². The van der Waals surface area contributed by atoms with E-state index in [1.54, 1.807) is 7.11 Å². The molecule has 0 radical (unpaired) electrons. The molecular weight excluding hydrogens is 224 g/mol. The van der Waals surface area contributed by atoms with Gasteiger partial charge >= 0.3 is 0 Å². The van der Waals surface area contributed by atoms with Crippen molar-refractivity contribution in [3.8, 4) is 0 Å². The molecular formula is C12H24O3S. The van der Waals surface area contributed by atoms with E-state index < -0.39 is 5.41 Å². The number of carbonyl (C=O) groups excluding carboxylic acids is 1. The largest absolute Gasteiger partial charge is 0.384 e. The highest BCUT2D eigenvalue weighted by molar-refractivity contribution is 8.13. The lowest BCUT2D eigenvalue weighted by Gasteiger charge is -2.22. The van der Waals surface area contributed by atoms with Crippen molar-refractivity contribution >= 4 is 16.9 Å². The number of ether oxygens (including phenoxy) is 2. The normalized spacial score (nSPS) is 11.8. The van der Waals surface area contributed by atoms with Crippen molar-refractivity contribution in [2.75, 3.05) is 32.7 Å². The van der Waals surface area contributed by atoms with Crippen LogP contribution in [0, 0.1) is 5.41 Å². The van der Waals surface area contributed by atoms with Crippen molar-refractivity contribution in [3.63, 3.8) is 0 Å². The minimum absolute atomic E-state index is 0.182. The molecule has 0 spiro atoms. The number of thioether (sulfide) groups is 1. The standard InChI is InChI=1S/C12H24O3S/c1-5-6-7-15-10-12(2,3)11(13)16-9-8-14-4/h5-10H2,1-4H3. The van der Waals surface area contributed by atoms with Crippen LogP contribution in [0.2, 0.25) is 0 Å². The topological polar surface area (TPSA) is 35.5 Å². The maximum Gasteiger partial charge on any atom is 0.196 e. The highest BCUT2D eigenvalue weighted by Gasteiger charge is 2.27. The summed E-state index contributed by atoms with van der Waals surface area (Å²) < 4.78 is 10.4. The second kappa shape index (κ2) is 9.02. The van der Waals surface area contributed by atoms with Crippen molar-refractivity contribution in [1.82, 2.24) is 0 Å². The number of hydrogen-bond acceptors (Lipinski definition) is 4. The predicted molar refractivity (Wildman–Crippen MR) is 68.8 cm³/mol. The highest BCUT2D eigenvalue weighted by Crippen LogP contribution is 2.24. The SMILES string of the molecule is CCCCOCC(C)(C)C(=O)SCCOC. The highest BCUT2D eigenvalue weighted by atomic mass is 32.2. The van der Waals surface area contributed by atoms with Gasteiger partial charge in [0.15, 0.2) is 5.12 Å². The number of unbranched alkanes of at least 4 members (excludes halogenated alkanes) is 1. The van der Waals surface area contributed by atoms with Gasteiger partial charge in [-0.25, -0.2) is 0 Å². The third-order valence-corrected chi connectivity index (χ3v) is 3.36. The summed E-state index contributed by atoms with van der Waals surface area (Å²) in [6.07, 6.45) is 2.18. The molecule has 3 nitrogen and oxygen atoms in total. The lowest BCUT2D eigenvalue weighted by atomic mass is 9.97. The molecule has 0 unspecified atom stereocenters. The molecule has 16 heavy (non-hydrogen) atoms. The third-order valence-electron chi connectivity index (χ3n) is 2.18. The second-order valence-electron chi connectivity index (χ2n) is 4.42. The minimum Gasteiger partial charge on any atom is -0.384 e. The molecule has 0 aromatic heterocycles. The Morgan fingerprint density at radius 3 is 2.56 bits per heavy atom. The second-order valence-corrected chi connectivity index (χ2v) is 5.49. The summed E-state index contributed by atoms with van der Waals surface area (Å²) in [5.41, 5.74) is -0.397. The van der Waals surface area contributed by atoms with Crippen LogP contribution in [-0.4, -0.2) is 37.8 Å². The summed E-state index contributed by atoms with van der Waals surface area (Å²) in [7, 11) is 1.64. The Labute approximate surface area is 103 Å². The molecule has 0 heterocycles. The van der Waals surface area contributed by atoms with Crippen LogP contribution in [-0.2, 0) is 14.3 Å². The lowest BCUT2D eigenvalue weighted by molar-refractivity contribution is -0.121. The Balaban J connectivity index is 3.77. The van der Waals surface area contributed by atoms with Crippen molar-refractivity contribution in [3.05, 3.63) is 0 Å². The van der Waals surface area contributed by atoms with Crippen LogP contribution in [0.3, 0.4) is 0 Å². The Hall–Kier alpha value is -0.0600. The maximum atomic E-state index is 11.8. The summed E-state index contributed by atoms with van der Waals surface area (Å²) >= 11 is 1.33. The maximum absolute atomic E-state index is 11.8. The molecule has 0 atom stereocenters. The van der Waals surface area contributed by atoms with Gasteiger partial charge in [-0.15, -0.1) is 0 Å². The molecule has 0 aliphatic carbocycles. The predicted octanol–water partition coefficient (Wildman–Crippen LogP) is 2.74. The summed E-state index contributed by atoms with van der Waals surface area (Å²) in [5.74, 6) is 0.716. The van der Waals surface area contributed by atoms with E-state index in [1.165, 1.54) is 11.8 Å². The minimum atomic E-state index is -0.397. The summed E-state index contributed by atoms with van der Waals surface area (Å²) in [6.45, 7) is 7.85. The summed E-state index contributed by atoms with van der Waals surface area (Å²) in [5, 5.41) is 0.182. The lowest BCUT2D eigenvalue weighted by Crippen LogP contribution is -2.28. The zero-order chi connectivity index (χ0) is 12.4. The van der Waals surface area contributed by atoms with Gasteiger partial charge in [-0.3, -0.25) is 4.79 Å². The zero-order valence-corrected chi connectivity index (χ0v) is 11.7. The molecule has 0 amide bonds. The van der Waals surface area contributed by atoms with Crippen molar-refractivity contribution in [2.45, 2.75) is 33.6 Å². The fourth-order valence-corrected chi connectivity index (χ4v) is 1.93. The van der Waals surface area contributed by atoms with Crippen LogP contribution < -0.4 is 0 Å². The monoisotopic (exact) mass is 248 g/mol. The Bertz CT molecular complexity index is 193. The molecule has 0 saturated carbocycles. The van der Waals surface area contributed by atoms with E-state index in [1.807, 2.05) is 13.8 Å². The quantitative estimate of drug-likeness (QED) is 0.588. The molecule has 96 valence electrons. The fourth-order valence-electron chi connectivity index (χ4n) is 1.05. The molecule has 0 aromatic rings. The van der Waals surface area contributed by atoms with Gasteiger partial charge < -0.3 is 9.47 Å². The molecule has 0 aliphatic rings. The number of carbonyl (C=O) groups is 1. The van der Waals surface area contributed by atoms with E-state index in [4.69, 9.17) is 9.47 Å². The van der Waals surface area contributed by atoms with Crippen LogP contribution >= 0.6 is 11.8 Å². The zero-order valence-electron chi connectivity index (χ0n) is 10.9. The Morgan fingerprint density at radius 2 is 2.00 bits per heavy atom. The number of methoxy groups -OCH3 is 1. The summed E-state index contributed by atoms with van der Waals surface area (Å²) in [6, 6.07) is 0. The van der Waals surface area contributed by atoms with Crippen LogP contribution in [0.4, 0.5) is 0 Å². The average Bonchev–Trinajstić information content (AvgIpc) is 2.24. The van der Waals surface area contributed by atoms with Crippen molar-refractivity contribution in [2.24, 2.45) is 5.41 Å². The Morgan fingerprint density at radius 1 is 1.31 bits per heavy atom. The summed E-state index contributed by atoms with van der Waals surface area (Å²) in [4.78, 5) is 11.8. The fraction of sp³-hybridized carbons (Fsp3) is 0.917. The van der Waals surface area contributed by atoms with Gasteiger partial charge in [-0.2, -0.15) is 0 Å². The molecule has 0 rings (SSSR count). The van der Waals surface area contributed by atoms with Crippen LogP contribution in [0.1, 0.15) is 33.6 Å². The van der Waals surface area contributed by atoms with Gasteiger partial charge in [0, 0.05) is 19.5 Å². The van der Waals surface area contributed by atoms with Crippen molar-refractivity contribution in [1.29, 1.82) is 0 Å². The first-order valence-electron chi connectivity index (χ1n) is 5.78. The molecule has 0 aromatic carbocycles.